The van der Waals surface area contributed by atoms with Crippen LogP contribution in [0.25, 0.3) is 0 Å². The molecule has 0 aromatic rings. The minimum atomic E-state index is -1.25. The first-order valence-corrected chi connectivity index (χ1v) is 13.3. The first-order chi connectivity index (χ1) is 18.2. The number of nitrogens with one attached hydrogen (secondary N) is 7. The molecule has 0 bridgehead atoms. The predicted molar refractivity (Wildman–Crippen MR) is 149 cm³/mol. The molecule has 0 aliphatic heterocycles. The molecule has 15 heteroatoms. The van der Waals surface area contributed by atoms with Gasteiger partial charge in [-0.25, -0.2) is 4.79 Å². The minimum absolute atomic E-state index is 0.0625. The van der Waals surface area contributed by atoms with E-state index in [4.69, 9.17) is 28.0 Å². The zero-order valence-corrected chi connectivity index (χ0v) is 23.4. The van der Waals surface area contributed by atoms with E-state index < -0.39 is 47.9 Å². The van der Waals surface area contributed by atoms with Crippen molar-refractivity contribution < 1.29 is 24.3 Å². The lowest BCUT2D eigenvalue weighted by Gasteiger charge is -2.29. The van der Waals surface area contributed by atoms with Crippen LogP contribution in [-0.2, 0) is 19.2 Å². The molecule has 0 unspecified atom stereocenters. The normalized spacial score (nSPS) is 15.4. The number of carbonyl (C=O) groups is 4. The van der Waals surface area contributed by atoms with Crippen molar-refractivity contribution in [3.8, 4) is 0 Å². The van der Waals surface area contributed by atoms with Gasteiger partial charge in [0, 0.05) is 13.1 Å². The number of guanidine groups is 2. The van der Waals surface area contributed by atoms with Crippen molar-refractivity contribution in [1.82, 2.24) is 26.6 Å². The second-order valence-electron chi connectivity index (χ2n) is 9.71. The summed E-state index contributed by atoms with van der Waals surface area (Å²) in [4.78, 5) is 50.9. The SMILES string of the molecule is CC[C@H](C)[C@H](N)C(=O)N[C@H](C(=O)N[C@@H](CCCNC(=N)N)C(=O)N[C@@H](CCCNC(=N)N)C(=O)O)[C@@H](C)CC. The van der Waals surface area contributed by atoms with Gasteiger partial charge >= 0.3 is 5.97 Å². The summed E-state index contributed by atoms with van der Waals surface area (Å²) in [6.07, 6.45) is 2.07. The first kappa shape index (κ1) is 35.4. The number of hydrogen-bond donors (Lipinski definition) is 11. The lowest BCUT2D eigenvalue weighted by Crippen LogP contribution is -2.59. The van der Waals surface area contributed by atoms with Crippen LogP contribution in [0.3, 0.4) is 0 Å². The number of nitrogens with two attached hydrogens (primary N) is 3. The highest BCUT2D eigenvalue weighted by Gasteiger charge is 2.33. The Morgan fingerprint density at radius 1 is 0.744 bits per heavy atom. The molecular weight excluding hydrogens is 508 g/mol. The third-order valence-corrected chi connectivity index (χ3v) is 6.57. The van der Waals surface area contributed by atoms with Gasteiger partial charge in [-0.05, 0) is 37.5 Å². The average molecular weight is 557 g/mol. The molecule has 224 valence electrons. The summed E-state index contributed by atoms with van der Waals surface area (Å²) in [5.41, 5.74) is 16.6. The van der Waals surface area contributed by atoms with E-state index in [-0.39, 0.29) is 49.7 Å². The second-order valence-corrected chi connectivity index (χ2v) is 9.71. The zero-order chi connectivity index (χ0) is 30.1. The van der Waals surface area contributed by atoms with E-state index in [1.54, 1.807) is 6.92 Å². The highest BCUT2D eigenvalue weighted by atomic mass is 16.4. The number of hydrogen-bond acceptors (Lipinski definition) is 7. The fraction of sp³-hybridized carbons (Fsp3) is 0.750. The topological polar surface area (TPSA) is 274 Å². The van der Waals surface area contributed by atoms with Crippen LogP contribution in [0.1, 0.15) is 66.2 Å². The number of rotatable bonds is 19. The van der Waals surface area contributed by atoms with Gasteiger partial charge in [0.15, 0.2) is 11.9 Å². The van der Waals surface area contributed by atoms with Crippen molar-refractivity contribution in [3.63, 3.8) is 0 Å². The van der Waals surface area contributed by atoms with Crippen molar-refractivity contribution >= 4 is 35.6 Å². The van der Waals surface area contributed by atoms with Crippen LogP contribution in [0.5, 0.6) is 0 Å². The van der Waals surface area contributed by atoms with E-state index in [2.05, 4.69) is 26.6 Å². The van der Waals surface area contributed by atoms with Crippen LogP contribution in [0.15, 0.2) is 0 Å². The summed E-state index contributed by atoms with van der Waals surface area (Å²) in [7, 11) is 0. The van der Waals surface area contributed by atoms with Crippen molar-refractivity contribution in [2.24, 2.45) is 29.0 Å². The Hall–Kier alpha value is -3.62. The van der Waals surface area contributed by atoms with E-state index >= 15 is 0 Å². The summed E-state index contributed by atoms with van der Waals surface area (Å²) in [5, 5.41) is 37.0. The molecule has 3 amide bonds. The number of carboxylic acids is 1. The molecule has 0 radical (unpaired) electrons. The van der Waals surface area contributed by atoms with Crippen LogP contribution in [-0.4, -0.2) is 78.0 Å². The van der Waals surface area contributed by atoms with E-state index in [9.17, 15) is 24.3 Å². The maximum absolute atomic E-state index is 13.3. The summed E-state index contributed by atoms with van der Waals surface area (Å²) in [5.74, 6) is -3.89. The Bertz CT molecular complexity index is 840. The average Bonchev–Trinajstić information content (AvgIpc) is 2.88. The van der Waals surface area contributed by atoms with Crippen molar-refractivity contribution in [2.75, 3.05) is 13.1 Å². The van der Waals surface area contributed by atoms with Gasteiger partial charge < -0.3 is 48.9 Å². The molecular formula is C24H48N10O5. The van der Waals surface area contributed by atoms with E-state index in [0.29, 0.717) is 25.7 Å². The number of amides is 3. The number of carbonyl (C=O) groups excluding carboxylic acids is 3. The molecule has 0 saturated carbocycles. The van der Waals surface area contributed by atoms with Crippen LogP contribution in [0.2, 0.25) is 0 Å². The molecule has 0 aliphatic rings. The maximum atomic E-state index is 13.3. The molecule has 0 spiro atoms. The molecule has 15 nitrogen and oxygen atoms in total. The standard InChI is InChI=1S/C24H48N10O5/c1-5-13(3)17(25)20(36)34-18(14(4)6-2)21(37)32-15(9-7-11-30-23(26)27)19(35)33-16(22(38)39)10-8-12-31-24(28)29/h13-18H,5-12,25H2,1-4H3,(H,32,37)(H,33,35)(H,34,36)(H,38,39)(H4,26,27,30)(H4,28,29,31)/t13-,14-,15-,16-,17-,18-/m0/s1. The molecule has 14 N–H and O–H groups in total. The van der Waals surface area contributed by atoms with Gasteiger partial charge in [0.25, 0.3) is 0 Å². The summed E-state index contributed by atoms with van der Waals surface area (Å²) < 4.78 is 0. The highest BCUT2D eigenvalue weighted by Crippen LogP contribution is 2.12. The Morgan fingerprint density at radius 3 is 1.64 bits per heavy atom. The first-order valence-electron chi connectivity index (χ1n) is 13.3. The van der Waals surface area contributed by atoms with Crippen molar-refractivity contribution in [2.45, 2.75) is 90.4 Å². The predicted octanol–water partition coefficient (Wildman–Crippen LogP) is -1.53. The summed E-state index contributed by atoms with van der Waals surface area (Å²) in [6.45, 7) is 7.91. The van der Waals surface area contributed by atoms with Crippen molar-refractivity contribution in [1.29, 1.82) is 10.8 Å². The third-order valence-electron chi connectivity index (χ3n) is 6.57. The largest absolute Gasteiger partial charge is 0.480 e. The van der Waals surface area contributed by atoms with Gasteiger partial charge in [-0.2, -0.15) is 0 Å². The fourth-order valence-electron chi connectivity index (χ4n) is 3.58. The lowest BCUT2D eigenvalue weighted by atomic mass is 9.95. The monoisotopic (exact) mass is 556 g/mol. The van der Waals surface area contributed by atoms with Crippen LogP contribution >= 0.6 is 0 Å². The Morgan fingerprint density at radius 2 is 1.21 bits per heavy atom. The molecule has 0 saturated heterocycles. The van der Waals surface area contributed by atoms with E-state index in [1.807, 2.05) is 20.8 Å². The van der Waals surface area contributed by atoms with Crippen molar-refractivity contribution in [3.05, 3.63) is 0 Å². The van der Waals surface area contributed by atoms with Gasteiger partial charge in [-0.1, -0.05) is 40.5 Å². The van der Waals surface area contributed by atoms with Gasteiger partial charge in [-0.15, -0.1) is 0 Å². The van der Waals surface area contributed by atoms with Crippen LogP contribution in [0.4, 0.5) is 0 Å². The Balaban J connectivity index is 5.65. The molecule has 0 aromatic carbocycles. The Labute approximate surface area is 230 Å². The lowest BCUT2D eigenvalue weighted by molar-refractivity contribution is -0.142. The van der Waals surface area contributed by atoms with Gasteiger partial charge in [0.1, 0.15) is 18.1 Å². The highest BCUT2D eigenvalue weighted by molar-refractivity contribution is 5.94. The van der Waals surface area contributed by atoms with Gasteiger partial charge in [0.05, 0.1) is 6.04 Å². The fourth-order valence-corrected chi connectivity index (χ4v) is 3.58. The summed E-state index contributed by atoms with van der Waals surface area (Å²) in [6, 6.07) is -4.12. The third kappa shape index (κ3) is 14.2. The molecule has 0 aromatic heterocycles. The minimum Gasteiger partial charge on any atom is -0.480 e. The molecule has 0 aliphatic carbocycles. The van der Waals surface area contributed by atoms with Crippen LogP contribution in [0, 0.1) is 22.7 Å². The smallest absolute Gasteiger partial charge is 0.326 e. The quantitative estimate of drug-likeness (QED) is 0.0496. The molecule has 0 rings (SSSR count). The molecule has 0 heterocycles. The van der Waals surface area contributed by atoms with E-state index in [1.165, 1.54) is 0 Å². The molecule has 39 heavy (non-hydrogen) atoms. The number of aliphatic carboxylic acids is 1. The second kappa shape index (κ2) is 18.6. The van der Waals surface area contributed by atoms with Gasteiger partial charge in [-0.3, -0.25) is 25.2 Å². The summed E-state index contributed by atoms with van der Waals surface area (Å²) >= 11 is 0. The van der Waals surface area contributed by atoms with Gasteiger partial charge in [0.2, 0.25) is 17.7 Å². The number of carboxylic acid groups (broad SMARTS) is 1. The van der Waals surface area contributed by atoms with Crippen LogP contribution < -0.4 is 43.8 Å². The maximum Gasteiger partial charge on any atom is 0.326 e. The van der Waals surface area contributed by atoms with E-state index in [0.717, 1.165) is 0 Å². The molecule has 0 fully saturated rings. The molecule has 6 atom stereocenters. The zero-order valence-electron chi connectivity index (χ0n) is 23.4. The Kier molecular flexibility index (Phi) is 16.9.